The Balaban J connectivity index is 1.53. The van der Waals surface area contributed by atoms with E-state index in [0.717, 1.165) is 32.7 Å². The fourth-order valence-electron chi connectivity index (χ4n) is 4.29. The summed E-state index contributed by atoms with van der Waals surface area (Å²) >= 11 is 0. The summed E-state index contributed by atoms with van der Waals surface area (Å²) in [6.07, 6.45) is 7.49. The van der Waals surface area contributed by atoms with E-state index in [4.69, 9.17) is 4.74 Å². The Morgan fingerprint density at radius 1 is 1.29 bits per heavy atom. The quantitative estimate of drug-likeness (QED) is 0.784. The van der Waals surface area contributed by atoms with Crippen molar-refractivity contribution in [2.24, 2.45) is 5.92 Å². The van der Waals surface area contributed by atoms with Crippen molar-refractivity contribution < 1.29 is 9.84 Å². The molecule has 0 spiro atoms. The normalized spacial score (nSPS) is 37.0. The molecule has 0 aromatic rings. The molecule has 3 fully saturated rings. The molecule has 0 radical (unpaired) electrons. The summed E-state index contributed by atoms with van der Waals surface area (Å²) in [5, 5.41) is 13.8. The van der Waals surface area contributed by atoms with Crippen LogP contribution in [-0.4, -0.2) is 60.0 Å². The molecule has 21 heavy (non-hydrogen) atoms. The first-order valence-electron chi connectivity index (χ1n) is 8.78. The minimum absolute atomic E-state index is 0.00570. The lowest BCUT2D eigenvalue weighted by atomic mass is 9.84. The summed E-state index contributed by atoms with van der Waals surface area (Å²) < 4.78 is 5.80. The molecule has 4 nitrogen and oxygen atoms in total. The van der Waals surface area contributed by atoms with Gasteiger partial charge in [-0.15, -0.1) is 0 Å². The van der Waals surface area contributed by atoms with E-state index in [1.54, 1.807) is 0 Å². The molecule has 1 saturated heterocycles. The van der Waals surface area contributed by atoms with Gasteiger partial charge in [-0.2, -0.15) is 0 Å². The Morgan fingerprint density at radius 2 is 2.10 bits per heavy atom. The molecule has 0 aromatic carbocycles. The van der Waals surface area contributed by atoms with Gasteiger partial charge in [0.25, 0.3) is 0 Å². The molecule has 4 heteroatoms. The van der Waals surface area contributed by atoms with Gasteiger partial charge in [-0.25, -0.2) is 0 Å². The fourth-order valence-corrected chi connectivity index (χ4v) is 4.29. The third-order valence-corrected chi connectivity index (χ3v) is 5.61. The summed E-state index contributed by atoms with van der Waals surface area (Å²) in [5.41, 5.74) is 0.0111. The molecule has 1 heterocycles. The second-order valence-corrected chi connectivity index (χ2v) is 7.99. The van der Waals surface area contributed by atoms with E-state index >= 15 is 0 Å². The maximum Gasteiger partial charge on any atom is 0.0753 e. The van der Waals surface area contributed by atoms with Gasteiger partial charge in [0, 0.05) is 24.7 Å². The number of aliphatic hydroxyl groups excluding tert-OH is 1. The number of hydrogen-bond donors (Lipinski definition) is 2. The van der Waals surface area contributed by atoms with Crippen LogP contribution in [0.2, 0.25) is 0 Å². The van der Waals surface area contributed by atoms with Crippen LogP contribution in [0.4, 0.5) is 0 Å². The van der Waals surface area contributed by atoms with Crippen LogP contribution in [0.1, 0.15) is 52.4 Å². The molecular weight excluding hydrogens is 264 g/mol. The smallest absolute Gasteiger partial charge is 0.0753 e. The molecule has 3 rings (SSSR count). The van der Waals surface area contributed by atoms with E-state index < -0.39 is 0 Å². The Hall–Kier alpha value is -0.160. The van der Waals surface area contributed by atoms with Crippen molar-refractivity contribution in [1.29, 1.82) is 0 Å². The summed E-state index contributed by atoms with van der Waals surface area (Å²) in [6, 6.07) is 0.681. The van der Waals surface area contributed by atoms with E-state index in [9.17, 15) is 5.11 Å². The largest absolute Gasteiger partial charge is 0.394 e. The maximum absolute atomic E-state index is 9.99. The minimum atomic E-state index is -0.00570. The lowest BCUT2D eigenvalue weighted by molar-refractivity contribution is -0.0874. The predicted octanol–water partition coefficient (Wildman–Crippen LogP) is 1.77. The Morgan fingerprint density at radius 3 is 2.76 bits per heavy atom. The highest BCUT2D eigenvalue weighted by molar-refractivity contribution is 5.03. The van der Waals surface area contributed by atoms with E-state index in [1.165, 1.54) is 32.1 Å². The minimum Gasteiger partial charge on any atom is -0.394 e. The topological polar surface area (TPSA) is 44.7 Å². The third-order valence-electron chi connectivity index (χ3n) is 5.61. The van der Waals surface area contributed by atoms with Crippen molar-refractivity contribution in [2.75, 3.05) is 32.8 Å². The lowest BCUT2D eigenvalue weighted by Gasteiger charge is -2.40. The highest BCUT2D eigenvalue weighted by Gasteiger charge is 2.45. The van der Waals surface area contributed by atoms with Gasteiger partial charge in [0.2, 0.25) is 0 Å². The van der Waals surface area contributed by atoms with Crippen LogP contribution in [0.5, 0.6) is 0 Å². The van der Waals surface area contributed by atoms with Gasteiger partial charge in [-0.1, -0.05) is 6.42 Å². The summed E-state index contributed by atoms with van der Waals surface area (Å²) in [4.78, 5) is 2.54. The number of aliphatic hydroxyl groups is 1. The molecule has 2 saturated carbocycles. The molecule has 2 atom stereocenters. The van der Waals surface area contributed by atoms with Crippen molar-refractivity contribution in [3.05, 3.63) is 0 Å². The number of rotatable bonds is 6. The van der Waals surface area contributed by atoms with Crippen LogP contribution in [0, 0.1) is 5.92 Å². The fraction of sp³-hybridized carbons (Fsp3) is 1.00. The number of morpholine rings is 1. The van der Waals surface area contributed by atoms with Crippen molar-refractivity contribution in [2.45, 2.75) is 69.6 Å². The van der Waals surface area contributed by atoms with E-state index in [0.29, 0.717) is 18.6 Å². The van der Waals surface area contributed by atoms with Gasteiger partial charge in [0.05, 0.1) is 18.8 Å². The first-order chi connectivity index (χ1) is 10.0. The number of ether oxygens (including phenoxy) is 1. The van der Waals surface area contributed by atoms with Crippen LogP contribution in [-0.2, 0) is 4.74 Å². The first kappa shape index (κ1) is 15.7. The molecule has 122 valence electrons. The molecular formula is C17H32N2O2. The standard InChI is InChI=1S/C17H32N2O2/c1-16(2)12-19(10-11-21-16)9-7-14-4-3-8-17(14,13-20)18-15-5-6-15/h14-15,18,20H,3-13H2,1-2H3. The average molecular weight is 296 g/mol. The van der Waals surface area contributed by atoms with Crippen LogP contribution >= 0.6 is 0 Å². The lowest BCUT2D eigenvalue weighted by Crippen LogP contribution is -2.54. The molecule has 2 unspecified atom stereocenters. The summed E-state index contributed by atoms with van der Waals surface area (Å²) in [7, 11) is 0. The van der Waals surface area contributed by atoms with Crippen LogP contribution in [0.15, 0.2) is 0 Å². The predicted molar refractivity (Wildman–Crippen MR) is 84.4 cm³/mol. The first-order valence-corrected chi connectivity index (χ1v) is 8.78. The number of hydrogen-bond acceptors (Lipinski definition) is 4. The van der Waals surface area contributed by atoms with Crippen molar-refractivity contribution in [3.8, 4) is 0 Å². The van der Waals surface area contributed by atoms with Gasteiger partial charge < -0.3 is 15.2 Å². The average Bonchev–Trinajstić information content (AvgIpc) is 3.15. The maximum atomic E-state index is 9.99. The van der Waals surface area contributed by atoms with E-state index in [1.807, 2.05) is 0 Å². The Kier molecular flexibility index (Phi) is 4.60. The molecule has 0 aromatic heterocycles. The molecule has 0 bridgehead atoms. The third kappa shape index (κ3) is 3.79. The summed E-state index contributed by atoms with van der Waals surface area (Å²) in [5.74, 6) is 0.633. The molecule has 0 amide bonds. The zero-order chi connectivity index (χ0) is 14.9. The van der Waals surface area contributed by atoms with Gasteiger partial charge in [0.15, 0.2) is 0 Å². The Bertz CT molecular complexity index is 357. The van der Waals surface area contributed by atoms with E-state index in [-0.39, 0.29) is 11.1 Å². The van der Waals surface area contributed by atoms with Gasteiger partial charge >= 0.3 is 0 Å². The summed E-state index contributed by atoms with van der Waals surface area (Å²) in [6.45, 7) is 8.75. The molecule has 2 N–H and O–H groups in total. The van der Waals surface area contributed by atoms with Crippen LogP contribution in [0.3, 0.4) is 0 Å². The van der Waals surface area contributed by atoms with Crippen LogP contribution < -0.4 is 5.32 Å². The SMILES string of the molecule is CC1(C)CN(CCC2CCCC2(CO)NC2CC2)CCO1. The highest BCUT2D eigenvalue weighted by atomic mass is 16.5. The zero-order valence-electron chi connectivity index (χ0n) is 13.7. The molecule has 1 aliphatic heterocycles. The molecule has 2 aliphatic carbocycles. The number of nitrogens with zero attached hydrogens (tertiary/aromatic N) is 1. The van der Waals surface area contributed by atoms with Crippen molar-refractivity contribution in [1.82, 2.24) is 10.2 Å². The van der Waals surface area contributed by atoms with Crippen molar-refractivity contribution in [3.63, 3.8) is 0 Å². The van der Waals surface area contributed by atoms with Gasteiger partial charge in [0.1, 0.15) is 0 Å². The number of nitrogens with one attached hydrogen (secondary N) is 1. The molecule has 3 aliphatic rings. The zero-order valence-corrected chi connectivity index (χ0v) is 13.7. The van der Waals surface area contributed by atoms with Gasteiger partial charge in [-0.05, 0) is 58.4 Å². The van der Waals surface area contributed by atoms with Crippen molar-refractivity contribution >= 4 is 0 Å². The monoisotopic (exact) mass is 296 g/mol. The Labute approximate surface area is 129 Å². The second-order valence-electron chi connectivity index (χ2n) is 7.99. The highest BCUT2D eigenvalue weighted by Crippen LogP contribution is 2.40. The van der Waals surface area contributed by atoms with Gasteiger partial charge in [-0.3, -0.25) is 4.90 Å². The van der Waals surface area contributed by atoms with E-state index in [2.05, 4.69) is 24.1 Å². The van der Waals surface area contributed by atoms with Crippen LogP contribution in [0.25, 0.3) is 0 Å². The second kappa shape index (κ2) is 6.15.